The van der Waals surface area contributed by atoms with Gasteiger partial charge in [0, 0.05) is 37.7 Å². The van der Waals surface area contributed by atoms with Crippen LogP contribution >= 0.6 is 11.8 Å². The summed E-state index contributed by atoms with van der Waals surface area (Å²) in [7, 11) is 1.93. The van der Waals surface area contributed by atoms with E-state index in [1.165, 1.54) is 5.56 Å². The predicted octanol–water partition coefficient (Wildman–Crippen LogP) is 1.59. The number of carbonyl (C=O) groups is 1. The Morgan fingerprint density at radius 3 is 2.95 bits per heavy atom. The van der Waals surface area contributed by atoms with Gasteiger partial charge >= 0.3 is 0 Å². The summed E-state index contributed by atoms with van der Waals surface area (Å²) in [5.74, 6) is 1.15. The third kappa shape index (κ3) is 3.04. The van der Waals surface area contributed by atoms with Crippen LogP contribution in [0.1, 0.15) is 29.1 Å². The van der Waals surface area contributed by atoms with Gasteiger partial charge in [-0.3, -0.25) is 9.48 Å². The van der Waals surface area contributed by atoms with Crippen LogP contribution in [0.5, 0.6) is 0 Å². The molecule has 3 heterocycles. The normalized spacial score (nSPS) is 13.4. The minimum absolute atomic E-state index is 0.0588. The van der Waals surface area contributed by atoms with Crippen molar-refractivity contribution in [2.45, 2.75) is 44.9 Å². The molecule has 0 spiro atoms. The molecule has 0 aliphatic carbocycles. The number of fused-ring (bicyclic) bond motifs is 1. The van der Waals surface area contributed by atoms with Gasteiger partial charge in [-0.2, -0.15) is 5.10 Å². The van der Waals surface area contributed by atoms with Gasteiger partial charge in [0.1, 0.15) is 0 Å². The zero-order valence-electron chi connectivity index (χ0n) is 13.2. The summed E-state index contributed by atoms with van der Waals surface area (Å²) < 4.78 is 4.02. The second kappa shape index (κ2) is 6.16. The van der Waals surface area contributed by atoms with Crippen molar-refractivity contribution in [3.63, 3.8) is 0 Å². The third-order valence-electron chi connectivity index (χ3n) is 4.08. The maximum Gasteiger partial charge on any atom is 0.220 e. The van der Waals surface area contributed by atoms with Gasteiger partial charge < -0.3 is 9.88 Å². The quantitative estimate of drug-likeness (QED) is 0.909. The number of hydrogen-bond acceptors (Lipinski definition) is 4. The molecule has 0 bridgehead atoms. The topological polar surface area (TPSA) is 64.7 Å². The molecular formula is C15H21N5OS. The van der Waals surface area contributed by atoms with E-state index in [4.69, 9.17) is 0 Å². The van der Waals surface area contributed by atoms with Crippen molar-refractivity contribution in [2.75, 3.05) is 5.75 Å². The fourth-order valence-corrected chi connectivity index (χ4v) is 3.70. The molecule has 0 unspecified atom stereocenters. The summed E-state index contributed by atoms with van der Waals surface area (Å²) in [6, 6.07) is 0. The first kappa shape index (κ1) is 15.1. The van der Waals surface area contributed by atoms with Crippen molar-refractivity contribution < 1.29 is 4.79 Å². The van der Waals surface area contributed by atoms with Crippen LogP contribution in [-0.2, 0) is 31.4 Å². The van der Waals surface area contributed by atoms with E-state index in [-0.39, 0.29) is 5.91 Å². The summed E-state index contributed by atoms with van der Waals surface area (Å²) in [6.45, 7) is 5.55. The molecule has 2 aromatic rings. The van der Waals surface area contributed by atoms with E-state index in [1.54, 1.807) is 11.8 Å². The fraction of sp³-hybridized carbons (Fsp3) is 0.533. The van der Waals surface area contributed by atoms with Crippen LogP contribution in [0.4, 0.5) is 0 Å². The molecule has 0 saturated heterocycles. The molecule has 1 aliphatic heterocycles. The van der Waals surface area contributed by atoms with Crippen LogP contribution in [0.25, 0.3) is 0 Å². The van der Waals surface area contributed by atoms with Crippen LogP contribution in [0, 0.1) is 13.8 Å². The summed E-state index contributed by atoms with van der Waals surface area (Å²) in [5.41, 5.74) is 4.25. The minimum atomic E-state index is 0.0588. The van der Waals surface area contributed by atoms with E-state index in [9.17, 15) is 4.79 Å². The van der Waals surface area contributed by atoms with Crippen molar-refractivity contribution >= 4 is 17.7 Å². The van der Waals surface area contributed by atoms with E-state index >= 15 is 0 Å². The molecule has 7 heteroatoms. The maximum absolute atomic E-state index is 12.0. The first-order valence-corrected chi connectivity index (χ1v) is 8.48. The molecule has 0 atom stereocenters. The lowest BCUT2D eigenvalue weighted by atomic mass is 10.1. The molecule has 22 heavy (non-hydrogen) atoms. The number of rotatable bonds is 5. The number of thioether (sulfide) groups is 1. The summed E-state index contributed by atoms with van der Waals surface area (Å²) >= 11 is 1.77. The molecule has 1 amide bonds. The van der Waals surface area contributed by atoms with Crippen LogP contribution in [0.3, 0.4) is 0 Å². The van der Waals surface area contributed by atoms with Gasteiger partial charge in [-0.05, 0) is 25.8 Å². The van der Waals surface area contributed by atoms with Gasteiger partial charge in [0.15, 0.2) is 5.16 Å². The highest BCUT2D eigenvalue weighted by atomic mass is 32.2. The Balaban J connectivity index is 1.50. The van der Waals surface area contributed by atoms with E-state index in [2.05, 4.69) is 20.0 Å². The average Bonchev–Trinajstić information content (AvgIpc) is 3.11. The maximum atomic E-state index is 12.0. The first-order valence-electron chi connectivity index (χ1n) is 7.49. The SMILES string of the molecule is Cc1nn(C)c(C)c1CCC(=O)NCc1cn2c(n1)SCC2. The van der Waals surface area contributed by atoms with Crippen LogP contribution < -0.4 is 5.32 Å². The monoisotopic (exact) mass is 319 g/mol. The number of imidazole rings is 1. The third-order valence-corrected chi connectivity index (χ3v) is 5.05. The minimum Gasteiger partial charge on any atom is -0.350 e. The molecule has 0 radical (unpaired) electrons. The Morgan fingerprint density at radius 2 is 2.27 bits per heavy atom. The van der Waals surface area contributed by atoms with E-state index < -0.39 is 0 Å². The summed E-state index contributed by atoms with van der Waals surface area (Å²) in [4.78, 5) is 16.5. The number of aryl methyl sites for hydroxylation is 3. The van der Waals surface area contributed by atoms with E-state index in [0.717, 1.165) is 41.0 Å². The second-order valence-electron chi connectivity index (χ2n) is 5.61. The van der Waals surface area contributed by atoms with Crippen LogP contribution in [0.2, 0.25) is 0 Å². The first-order chi connectivity index (χ1) is 10.5. The van der Waals surface area contributed by atoms with Crippen molar-refractivity contribution in [2.24, 2.45) is 7.05 Å². The number of carbonyl (C=O) groups excluding carboxylic acids is 1. The van der Waals surface area contributed by atoms with Crippen molar-refractivity contribution in [3.8, 4) is 0 Å². The number of amides is 1. The molecule has 1 aliphatic rings. The Hall–Kier alpha value is -1.76. The molecular weight excluding hydrogens is 298 g/mol. The molecule has 0 aromatic carbocycles. The summed E-state index contributed by atoms with van der Waals surface area (Å²) in [5, 5.41) is 8.39. The van der Waals surface area contributed by atoms with Gasteiger partial charge in [-0.15, -0.1) is 0 Å². The zero-order valence-corrected chi connectivity index (χ0v) is 14.0. The molecule has 118 valence electrons. The largest absolute Gasteiger partial charge is 0.350 e. The Labute approximate surface area is 134 Å². The highest BCUT2D eigenvalue weighted by molar-refractivity contribution is 7.99. The predicted molar refractivity (Wildman–Crippen MR) is 85.8 cm³/mol. The van der Waals surface area contributed by atoms with Crippen molar-refractivity contribution in [1.29, 1.82) is 0 Å². The van der Waals surface area contributed by atoms with Gasteiger partial charge in [0.25, 0.3) is 0 Å². The molecule has 1 N–H and O–H groups in total. The molecule has 0 fully saturated rings. The number of nitrogens with one attached hydrogen (secondary N) is 1. The van der Waals surface area contributed by atoms with Crippen LogP contribution in [0.15, 0.2) is 11.4 Å². The highest BCUT2D eigenvalue weighted by Crippen LogP contribution is 2.24. The number of aromatic nitrogens is 4. The van der Waals surface area contributed by atoms with Gasteiger partial charge in [-0.25, -0.2) is 4.98 Å². The molecule has 3 rings (SSSR count). The smallest absolute Gasteiger partial charge is 0.220 e. The standard InChI is InChI=1S/C15H21N5OS/c1-10-13(11(2)19(3)18-10)4-5-14(21)16-8-12-9-20-6-7-22-15(20)17-12/h9H,4-8H2,1-3H3,(H,16,21). The lowest BCUT2D eigenvalue weighted by Crippen LogP contribution is -2.23. The molecule has 0 saturated carbocycles. The number of hydrogen-bond donors (Lipinski definition) is 1. The van der Waals surface area contributed by atoms with E-state index in [1.807, 2.05) is 31.8 Å². The van der Waals surface area contributed by atoms with Crippen LogP contribution in [-0.4, -0.2) is 31.0 Å². The van der Waals surface area contributed by atoms with Crippen molar-refractivity contribution in [1.82, 2.24) is 24.6 Å². The number of nitrogens with zero attached hydrogens (tertiary/aromatic N) is 4. The average molecular weight is 319 g/mol. The molecule has 2 aromatic heterocycles. The van der Waals surface area contributed by atoms with Gasteiger partial charge in [0.05, 0.1) is 17.9 Å². The Morgan fingerprint density at radius 1 is 1.45 bits per heavy atom. The Bertz CT molecular complexity index is 682. The second-order valence-corrected chi connectivity index (χ2v) is 6.67. The van der Waals surface area contributed by atoms with Gasteiger partial charge in [0.2, 0.25) is 5.91 Å². The highest BCUT2D eigenvalue weighted by Gasteiger charge is 2.15. The summed E-state index contributed by atoms with van der Waals surface area (Å²) in [6.07, 6.45) is 3.24. The lowest BCUT2D eigenvalue weighted by molar-refractivity contribution is -0.121. The zero-order chi connectivity index (χ0) is 15.7. The fourth-order valence-electron chi connectivity index (χ4n) is 2.74. The molecule has 6 nitrogen and oxygen atoms in total. The van der Waals surface area contributed by atoms with Gasteiger partial charge in [-0.1, -0.05) is 11.8 Å². The van der Waals surface area contributed by atoms with E-state index in [0.29, 0.717) is 13.0 Å². The lowest BCUT2D eigenvalue weighted by Gasteiger charge is -2.04. The van der Waals surface area contributed by atoms with Crippen molar-refractivity contribution in [3.05, 3.63) is 28.8 Å². The Kier molecular flexibility index (Phi) is 4.24.